The molecule has 20 heavy (non-hydrogen) atoms. The fourth-order valence-corrected chi connectivity index (χ4v) is 3.42. The molecule has 1 heterocycles. The molecule has 1 aliphatic rings. The van der Waals surface area contributed by atoms with E-state index in [2.05, 4.69) is 16.9 Å². The van der Waals surface area contributed by atoms with E-state index in [9.17, 15) is 4.79 Å². The molecule has 2 unspecified atom stereocenters. The van der Waals surface area contributed by atoms with Gasteiger partial charge in [0, 0.05) is 19.1 Å². The first kappa shape index (κ1) is 15.3. The van der Waals surface area contributed by atoms with Crippen molar-refractivity contribution >= 4 is 17.3 Å². The van der Waals surface area contributed by atoms with Gasteiger partial charge in [0.15, 0.2) is 0 Å². The molecule has 0 amide bonds. The van der Waals surface area contributed by atoms with Crippen LogP contribution >= 0.6 is 11.6 Å². The summed E-state index contributed by atoms with van der Waals surface area (Å²) in [5.74, 6) is 0.472. The van der Waals surface area contributed by atoms with Crippen LogP contribution in [0.1, 0.15) is 33.1 Å². The minimum absolute atomic E-state index is 0.215. The summed E-state index contributed by atoms with van der Waals surface area (Å²) < 4.78 is 1.38. The fraction of sp³-hybridized carbons (Fsp3) is 0.714. The minimum Gasteiger partial charge on any atom is -0.366 e. The number of aryl methyl sites for hydroxylation is 1. The Morgan fingerprint density at radius 3 is 2.85 bits per heavy atom. The van der Waals surface area contributed by atoms with Crippen molar-refractivity contribution in [3.8, 4) is 0 Å². The molecule has 2 atom stereocenters. The lowest BCUT2D eigenvalue weighted by atomic mass is 10.0. The molecule has 1 aromatic rings. The molecule has 0 radical (unpaired) electrons. The smallest absolute Gasteiger partial charge is 0.287 e. The summed E-state index contributed by atoms with van der Waals surface area (Å²) in [5, 5.41) is 4.47. The predicted molar refractivity (Wildman–Crippen MR) is 82.4 cm³/mol. The maximum atomic E-state index is 12.1. The lowest BCUT2D eigenvalue weighted by molar-refractivity contribution is 0.460. The van der Waals surface area contributed by atoms with Gasteiger partial charge >= 0.3 is 0 Å². The zero-order chi connectivity index (χ0) is 14.7. The van der Waals surface area contributed by atoms with Gasteiger partial charge in [-0.1, -0.05) is 18.0 Å². The molecule has 2 rings (SSSR count). The fourth-order valence-electron chi connectivity index (χ4n) is 3.17. The number of hydrogen-bond donors (Lipinski definition) is 1. The van der Waals surface area contributed by atoms with Crippen molar-refractivity contribution in [1.82, 2.24) is 9.78 Å². The third kappa shape index (κ3) is 2.69. The van der Waals surface area contributed by atoms with Crippen LogP contribution in [0.2, 0.25) is 5.02 Å². The van der Waals surface area contributed by atoms with Gasteiger partial charge < -0.3 is 10.6 Å². The summed E-state index contributed by atoms with van der Waals surface area (Å²) in [7, 11) is 0. The lowest BCUT2D eigenvalue weighted by Crippen LogP contribution is -2.41. The van der Waals surface area contributed by atoms with E-state index in [1.54, 1.807) is 6.20 Å². The van der Waals surface area contributed by atoms with E-state index < -0.39 is 0 Å². The standard InChI is InChI=1S/C14H23ClN4O/c1-3-18(11-7-5-6-10(11)8-16)12-9-17-19(4-2)14(20)13(12)15/h9-11H,3-8,16H2,1-2H3. The topological polar surface area (TPSA) is 64.2 Å². The SMILES string of the molecule is CCN(c1cnn(CC)c(=O)c1Cl)C1CCCC1CN. The van der Waals surface area contributed by atoms with E-state index in [0.717, 1.165) is 25.1 Å². The van der Waals surface area contributed by atoms with Crippen molar-refractivity contribution in [3.05, 3.63) is 21.6 Å². The molecule has 1 fully saturated rings. The van der Waals surface area contributed by atoms with Crippen molar-refractivity contribution in [2.45, 2.75) is 45.7 Å². The van der Waals surface area contributed by atoms with Gasteiger partial charge in [0.25, 0.3) is 5.56 Å². The summed E-state index contributed by atoms with van der Waals surface area (Å²) in [6.45, 7) is 5.97. The molecule has 0 spiro atoms. The second-order valence-electron chi connectivity index (χ2n) is 5.24. The highest BCUT2D eigenvalue weighted by molar-refractivity contribution is 6.33. The summed E-state index contributed by atoms with van der Waals surface area (Å²) >= 11 is 6.27. The Bertz CT molecular complexity index is 516. The number of nitrogens with two attached hydrogens (primary N) is 1. The Hall–Kier alpha value is -1.07. The molecule has 0 bridgehead atoms. The predicted octanol–water partition coefficient (Wildman–Crippen LogP) is 1.87. The molecule has 5 nitrogen and oxygen atoms in total. The maximum absolute atomic E-state index is 12.1. The normalized spacial score (nSPS) is 22.2. The van der Waals surface area contributed by atoms with Crippen LogP contribution in [-0.4, -0.2) is 28.9 Å². The van der Waals surface area contributed by atoms with Crippen LogP contribution in [-0.2, 0) is 6.54 Å². The second-order valence-corrected chi connectivity index (χ2v) is 5.62. The molecule has 2 N–H and O–H groups in total. The third-order valence-electron chi connectivity index (χ3n) is 4.24. The van der Waals surface area contributed by atoms with Crippen LogP contribution < -0.4 is 16.2 Å². The molecule has 0 aromatic carbocycles. The van der Waals surface area contributed by atoms with Crippen LogP contribution in [0.5, 0.6) is 0 Å². The number of hydrogen-bond acceptors (Lipinski definition) is 4. The first-order valence-corrected chi connectivity index (χ1v) is 7.74. The third-order valence-corrected chi connectivity index (χ3v) is 4.59. The molecule has 0 aliphatic heterocycles. The van der Waals surface area contributed by atoms with E-state index >= 15 is 0 Å². The Labute approximate surface area is 124 Å². The van der Waals surface area contributed by atoms with Gasteiger partial charge in [-0.25, -0.2) is 4.68 Å². The zero-order valence-electron chi connectivity index (χ0n) is 12.2. The quantitative estimate of drug-likeness (QED) is 0.901. The van der Waals surface area contributed by atoms with Gasteiger partial charge in [0.05, 0.1) is 11.9 Å². The van der Waals surface area contributed by atoms with Gasteiger partial charge in [0.2, 0.25) is 0 Å². The Morgan fingerprint density at radius 1 is 1.50 bits per heavy atom. The highest BCUT2D eigenvalue weighted by Gasteiger charge is 2.32. The second kappa shape index (κ2) is 6.59. The largest absolute Gasteiger partial charge is 0.366 e. The molecule has 0 saturated heterocycles. The molecular weight excluding hydrogens is 276 g/mol. The Kier molecular flexibility index (Phi) is 5.05. The number of anilines is 1. The summed E-state index contributed by atoms with van der Waals surface area (Å²) in [6.07, 6.45) is 5.14. The first-order chi connectivity index (χ1) is 9.63. The van der Waals surface area contributed by atoms with Crippen molar-refractivity contribution in [1.29, 1.82) is 0 Å². The first-order valence-electron chi connectivity index (χ1n) is 7.36. The number of aromatic nitrogens is 2. The van der Waals surface area contributed by atoms with Crippen molar-refractivity contribution in [2.75, 3.05) is 18.0 Å². The van der Waals surface area contributed by atoms with Crippen LogP contribution in [0.4, 0.5) is 5.69 Å². The average Bonchev–Trinajstić information content (AvgIpc) is 2.93. The maximum Gasteiger partial charge on any atom is 0.287 e. The van der Waals surface area contributed by atoms with Crippen LogP contribution in [0.25, 0.3) is 0 Å². The number of halogens is 1. The molecule has 6 heteroatoms. The molecular formula is C14H23ClN4O. The summed E-state index contributed by atoms with van der Waals surface area (Å²) in [5.41, 5.74) is 6.40. The highest BCUT2D eigenvalue weighted by Crippen LogP contribution is 2.34. The highest BCUT2D eigenvalue weighted by atomic mass is 35.5. The number of rotatable bonds is 5. The zero-order valence-corrected chi connectivity index (χ0v) is 12.9. The van der Waals surface area contributed by atoms with E-state index in [0.29, 0.717) is 25.0 Å². The molecule has 1 aliphatic carbocycles. The monoisotopic (exact) mass is 298 g/mol. The lowest BCUT2D eigenvalue weighted by Gasteiger charge is -2.34. The summed E-state index contributed by atoms with van der Waals surface area (Å²) in [4.78, 5) is 14.3. The van der Waals surface area contributed by atoms with Gasteiger partial charge in [0.1, 0.15) is 5.02 Å². The van der Waals surface area contributed by atoms with Gasteiger partial charge in [-0.15, -0.1) is 0 Å². The van der Waals surface area contributed by atoms with Crippen molar-refractivity contribution in [3.63, 3.8) is 0 Å². The summed E-state index contributed by atoms with van der Waals surface area (Å²) in [6, 6.07) is 0.362. The van der Waals surface area contributed by atoms with Crippen molar-refractivity contribution in [2.24, 2.45) is 11.7 Å². The van der Waals surface area contributed by atoms with E-state index in [4.69, 9.17) is 17.3 Å². The Balaban J connectivity index is 2.37. The van der Waals surface area contributed by atoms with Gasteiger partial charge in [-0.2, -0.15) is 5.10 Å². The van der Waals surface area contributed by atoms with E-state index in [1.807, 2.05) is 6.92 Å². The van der Waals surface area contributed by atoms with E-state index in [1.165, 1.54) is 11.1 Å². The van der Waals surface area contributed by atoms with Gasteiger partial charge in [-0.3, -0.25) is 4.79 Å². The van der Waals surface area contributed by atoms with Crippen molar-refractivity contribution < 1.29 is 0 Å². The minimum atomic E-state index is -0.215. The Morgan fingerprint density at radius 2 is 2.25 bits per heavy atom. The molecule has 1 saturated carbocycles. The number of nitrogens with zero attached hydrogens (tertiary/aromatic N) is 3. The van der Waals surface area contributed by atoms with Gasteiger partial charge in [-0.05, 0) is 39.2 Å². The van der Waals surface area contributed by atoms with E-state index in [-0.39, 0.29) is 10.6 Å². The van der Waals surface area contributed by atoms with Crippen LogP contribution in [0, 0.1) is 5.92 Å². The molecule has 112 valence electrons. The average molecular weight is 299 g/mol. The molecule has 1 aromatic heterocycles. The van der Waals surface area contributed by atoms with Crippen LogP contribution in [0.3, 0.4) is 0 Å². The van der Waals surface area contributed by atoms with Crippen LogP contribution in [0.15, 0.2) is 11.0 Å².